The molecule has 0 saturated heterocycles. The van der Waals surface area contributed by atoms with E-state index in [2.05, 4.69) is 10.6 Å². The molecule has 19 heavy (non-hydrogen) atoms. The van der Waals surface area contributed by atoms with E-state index in [0.29, 0.717) is 29.4 Å². The van der Waals surface area contributed by atoms with Crippen molar-refractivity contribution >= 4 is 29.1 Å². The molecule has 6 nitrogen and oxygen atoms in total. The van der Waals surface area contributed by atoms with Crippen LogP contribution in [-0.2, 0) is 9.53 Å². The van der Waals surface area contributed by atoms with Crippen LogP contribution in [0, 0.1) is 0 Å². The van der Waals surface area contributed by atoms with Crippen molar-refractivity contribution in [3.8, 4) is 0 Å². The van der Waals surface area contributed by atoms with Gasteiger partial charge in [-0.05, 0) is 18.2 Å². The van der Waals surface area contributed by atoms with Crippen LogP contribution in [0.3, 0.4) is 0 Å². The highest BCUT2D eigenvalue weighted by Gasteiger charge is 2.09. The molecule has 2 amide bonds. The zero-order valence-electron chi connectivity index (χ0n) is 10.5. The van der Waals surface area contributed by atoms with Crippen LogP contribution < -0.4 is 16.4 Å². The second kappa shape index (κ2) is 7.60. The van der Waals surface area contributed by atoms with Crippen molar-refractivity contribution in [1.82, 2.24) is 10.6 Å². The topological polar surface area (TPSA) is 93.5 Å². The first-order chi connectivity index (χ1) is 9.04. The Kier molecular flexibility index (Phi) is 6.11. The molecule has 0 heterocycles. The molecule has 4 N–H and O–H groups in total. The lowest BCUT2D eigenvalue weighted by molar-refractivity contribution is -0.120. The number of benzene rings is 1. The molecule has 0 spiro atoms. The Morgan fingerprint density at radius 1 is 1.37 bits per heavy atom. The number of hydrogen-bond acceptors (Lipinski definition) is 4. The third-order valence-corrected chi connectivity index (χ3v) is 2.64. The highest BCUT2D eigenvalue weighted by atomic mass is 35.5. The first-order valence-corrected chi connectivity index (χ1v) is 6.01. The number of ether oxygens (including phenoxy) is 1. The summed E-state index contributed by atoms with van der Waals surface area (Å²) in [5.41, 5.74) is 6.26. The van der Waals surface area contributed by atoms with E-state index in [0.717, 1.165) is 0 Å². The number of rotatable bonds is 6. The Balaban J connectivity index is 2.42. The van der Waals surface area contributed by atoms with E-state index < -0.39 is 0 Å². The number of methoxy groups -OCH3 is 1. The molecule has 0 aliphatic carbocycles. The molecular formula is C12H16ClN3O3. The SMILES string of the molecule is COCCNC(=O)CNC(=O)c1ccc(Cl)c(N)c1. The molecule has 1 rings (SSSR count). The fourth-order valence-electron chi connectivity index (χ4n) is 1.30. The highest BCUT2D eigenvalue weighted by molar-refractivity contribution is 6.33. The van der Waals surface area contributed by atoms with Crippen LogP contribution in [0.5, 0.6) is 0 Å². The normalized spacial score (nSPS) is 10.0. The van der Waals surface area contributed by atoms with Crippen LogP contribution in [0.15, 0.2) is 18.2 Å². The smallest absolute Gasteiger partial charge is 0.251 e. The van der Waals surface area contributed by atoms with Gasteiger partial charge in [-0.15, -0.1) is 0 Å². The van der Waals surface area contributed by atoms with E-state index in [1.54, 1.807) is 7.11 Å². The van der Waals surface area contributed by atoms with Crippen LogP contribution in [0.2, 0.25) is 5.02 Å². The van der Waals surface area contributed by atoms with Crippen LogP contribution in [0.4, 0.5) is 5.69 Å². The van der Waals surface area contributed by atoms with Gasteiger partial charge in [0.1, 0.15) is 0 Å². The third-order valence-electron chi connectivity index (χ3n) is 2.30. The van der Waals surface area contributed by atoms with Gasteiger partial charge in [0.25, 0.3) is 5.91 Å². The third kappa shape index (κ3) is 5.15. The second-order valence-corrected chi connectivity index (χ2v) is 4.17. The molecular weight excluding hydrogens is 270 g/mol. The average Bonchev–Trinajstić information content (AvgIpc) is 2.39. The lowest BCUT2D eigenvalue weighted by Gasteiger charge is -2.07. The largest absolute Gasteiger partial charge is 0.398 e. The van der Waals surface area contributed by atoms with Gasteiger partial charge in [-0.1, -0.05) is 11.6 Å². The highest BCUT2D eigenvalue weighted by Crippen LogP contribution is 2.19. The van der Waals surface area contributed by atoms with Crippen LogP contribution in [-0.4, -0.2) is 38.6 Å². The van der Waals surface area contributed by atoms with Crippen LogP contribution in [0.25, 0.3) is 0 Å². The fourth-order valence-corrected chi connectivity index (χ4v) is 1.42. The summed E-state index contributed by atoms with van der Waals surface area (Å²) in [4.78, 5) is 23.1. The number of nitrogens with two attached hydrogens (primary N) is 1. The van der Waals surface area contributed by atoms with Crippen molar-refractivity contribution in [3.63, 3.8) is 0 Å². The summed E-state index contributed by atoms with van der Waals surface area (Å²) in [7, 11) is 1.54. The van der Waals surface area contributed by atoms with E-state index in [1.165, 1.54) is 18.2 Å². The molecule has 104 valence electrons. The second-order valence-electron chi connectivity index (χ2n) is 3.76. The summed E-state index contributed by atoms with van der Waals surface area (Å²) in [5.74, 6) is -0.669. The molecule has 1 aromatic carbocycles. The van der Waals surface area contributed by atoms with Gasteiger partial charge in [-0.3, -0.25) is 9.59 Å². The number of carbonyl (C=O) groups excluding carboxylic acids is 2. The van der Waals surface area contributed by atoms with Gasteiger partial charge in [0, 0.05) is 19.2 Å². The molecule has 0 aliphatic rings. The zero-order valence-corrected chi connectivity index (χ0v) is 11.3. The van der Waals surface area contributed by atoms with Gasteiger partial charge in [0.15, 0.2) is 0 Å². The van der Waals surface area contributed by atoms with Gasteiger partial charge >= 0.3 is 0 Å². The Labute approximate surface area is 116 Å². The molecule has 0 saturated carbocycles. The maximum absolute atomic E-state index is 11.7. The van der Waals surface area contributed by atoms with Crippen molar-refractivity contribution in [1.29, 1.82) is 0 Å². The molecule has 0 radical (unpaired) electrons. The number of halogens is 1. The quantitative estimate of drug-likeness (QED) is 0.521. The first kappa shape index (κ1) is 15.3. The monoisotopic (exact) mass is 285 g/mol. The molecule has 0 aromatic heterocycles. The van der Waals surface area contributed by atoms with Crippen molar-refractivity contribution in [2.45, 2.75) is 0 Å². The Hall–Kier alpha value is -1.79. The Bertz CT molecular complexity index is 466. The van der Waals surface area contributed by atoms with Gasteiger partial charge in [-0.2, -0.15) is 0 Å². The zero-order chi connectivity index (χ0) is 14.3. The summed E-state index contributed by atoms with van der Waals surface area (Å²) in [5, 5.41) is 5.45. The maximum atomic E-state index is 11.7. The predicted molar refractivity (Wildman–Crippen MR) is 73.1 cm³/mol. The van der Waals surface area contributed by atoms with Gasteiger partial charge in [-0.25, -0.2) is 0 Å². The summed E-state index contributed by atoms with van der Waals surface area (Å²) >= 11 is 5.75. The number of nitrogens with one attached hydrogen (secondary N) is 2. The number of amides is 2. The lowest BCUT2D eigenvalue weighted by atomic mass is 10.2. The van der Waals surface area contributed by atoms with Crippen molar-refractivity contribution in [2.24, 2.45) is 0 Å². The van der Waals surface area contributed by atoms with Gasteiger partial charge in [0.05, 0.1) is 23.9 Å². The average molecular weight is 286 g/mol. The van der Waals surface area contributed by atoms with Crippen molar-refractivity contribution < 1.29 is 14.3 Å². The number of carbonyl (C=O) groups is 2. The van der Waals surface area contributed by atoms with E-state index in [9.17, 15) is 9.59 Å². The standard InChI is InChI=1S/C12H16ClN3O3/c1-19-5-4-15-11(17)7-16-12(18)8-2-3-9(13)10(14)6-8/h2-3,6H,4-5,7,14H2,1H3,(H,15,17)(H,16,18). The minimum Gasteiger partial charge on any atom is -0.398 e. The molecule has 0 unspecified atom stereocenters. The minimum atomic E-state index is -0.384. The van der Waals surface area contributed by atoms with E-state index >= 15 is 0 Å². The first-order valence-electron chi connectivity index (χ1n) is 5.63. The lowest BCUT2D eigenvalue weighted by Crippen LogP contribution is -2.38. The summed E-state index contributed by atoms with van der Waals surface area (Å²) in [6.45, 7) is 0.720. The predicted octanol–water partition coefficient (Wildman–Crippen LogP) is 0.415. The number of nitrogen functional groups attached to an aromatic ring is 1. The fraction of sp³-hybridized carbons (Fsp3) is 0.333. The minimum absolute atomic E-state index is 0.106. The number of anilines is 1. The summed E-state index contributed by atoms with van der Waals surface area (Å²) < 4.78 is 4.78. The van der Waals surface area contributed by atoms with Crippen molar-refractivity contribution in [3.05, 3.63) is 28.8 Å². The molecule has 7 heteroatoms. The molecule has 0 aliphatic heterocycles. The van der Waals surface area contributed by atoms with E-state index in [-0.39, 0.29) is 18.4 Å². The van der Waals surface area contributed by atoms with Gasteiger partial charge in [0.2, 0.25) is 5.91 Å². The van der Waals surface area contributed by atoms with Crippen LogP contribution >= 0.6 is 11.6 Å². The van der Waals surface area contributed by atoms with Crippen molar-refractivity contribution in [2.75, 3.05) is 32.5 Å². The maximum Gasteiger partial charge on any atom is 0.251 e. The Morgan fingerprint density at radius 3 is 2.74 bits per heavy atom. The number of hydrogen-bond donors (Lipinski definition) is 3. The van der Waals surface area contributed by atoms with E-state index in [1.807, 2.05) is 0 Å². The summed E-state index contributed by atoms with van der Waals surface area (Å²) in [6.07, 6.45) is 0. The van der Waals surface area contributed by atoms with E-state index in [4.69, 9.17) is 22.1 Å². The Morgan fingerprint density at radius 2 is 2.11 bits per heavy atom. The molecule has 0 atom stereocenters. The summed E-state index contributed by atoms with van der Waals surface area (Å²) in [6, 6.07) is 4.53. The molecule has 0 fully saturated rings. The van der Waals surface area contributed by atoms with Gasteiger partial charge < -0.3 is 21.1 Å². The molecule has 1 aromatic rings. The molecule has 0 bridgehead atoms. The van der Waals surface area contributed by atoms with Crippen LogP contribution in [0.1, 0.15) is 10.4 Å².